The lowest BCUT2D eigenvalue weighted by molar-refractivity contribution is -0.119. The van der Waals surface area contributed by atoms with Gasteiger partial charge in [0, 0.05) is 6.42 Å². The van der Waals surface area contributed by atoms with E-state index >= 15 is 0 Å². The average molecular weight is 386 g/mol. The van der Waals surface area contributed by atoms with Crippen LogP contribution in [0.5, 0.6) is 0 Å². The predicted molar refractivity (Wildman–Crippen MR) is 105 cm³/mol. The molecular formula is C19H35N3O5. The molecule has 0 aromatic rings. The normalized spacial score (nSPS) is 12.3. The van der Waals surface area contributed by atoms with Crippen LogP contribution in [0.15, 0.2) is 4.99 Å². The molecule has 0 aliphatic rings. The van der Waals surface area contributed by atoms with Gasteiger partial charge in [-0.3, -0.25) is 15.4 Å². The topological polar surface area (TPSA) is 106 Å². The van der Waals surface area contributed by atoms with E-state index < -0.39 is 23.4 Å². The zero-order valence-electron chi connectivity index (χ0n) is 17.7. The summed E-state index contributed by atoms with van der Waals surface area (Å²) in [6.07, 6.45) is 3.51. The Morgan fingerprint density at radius 1 is 0.815 bits per heavy atom. The van der Waals surface area contributed by atoms with Crippen molar-refractivity contribution in [3.8, 4) is 0 Å². The lowest BCUT2D eigenvalue weighted by Gasteiger charge is -2.20. The number of amides is 3. The van der Waals surface area contributed by atoms with Crippen molar-refractivity contribution in [1.29, 1.82) is 0 Å². The summed E-state index contributed by atoms with van der Waals surface area (Å²) >= 11 is 0. The van der Waals surface area contributed by atoms with Gasteiger partial charge in [-0.15, -0.1) is 4.99 Å². The van der Waals surface area contributed by atoms with Gasteiger partial charge in [-0.1, -0.05) is 32.6 Å². The van der Waals surface area contributed by atoms with Crippen LogP contribution in [0.2, 0.25) is 0 Å². The minimum atomic E-state index is -0.920. The largest absolute Gasteiger partial charge is 0.444 e. The molecular weight excluding hydrogens is 350 g/mol. The highest BCUT2D eigenvalue weighted by Gasteiger charge is 2.21. The van der Waals surface area contributed by atoms with Gasteiger partial charge in [0.15, 0.2) is 0 Å². The second-order valence-electron chi connectivity index (χ2n) is 8.28. The number of carbonyl (C=O) groups is 3. The van der Waals surface area contributed by atoms with Gasteiger partial charge in [0.25, 0.3) is 0 Å². The number of carbonyl (C=O) groups excluding carboxylic acids is 3. The fraction of sp³-hybridized carbons (Fsp3) is 0.789. The van der Waals surface area contributed by atoms with Crippen molar-refractivity contribution in [3.63, 3.8) is 0 Å². The van der Waals surface area contributed by atoms with Crippen LogP contribution < -0.4 is 10.6 Å². The van der Waals surface area contributed by atoms with Crippen molar-refractivity contribution in [2.75, 3.05) is 0 Å². The molecule has 0 aromatic carbocycles. The molecule has 3 amide bonds. The highest BCUT2D eigenvalue weighted by atomic mass is 16.6. The fourth-order valence-electron chi connectivity index (χ4n) is 1.95. The van der Waals surface area contributed by atoms with Crippen molar-refractivity contribution >= 4 is 24.1 Å². The maximum Gasteiger partial charge on any atom is 0.437 e. The molecule has 0 aliphatic carbocycles. The Morgan fingerprint density at radius 2 is 1.37 bits per heavy atom. The molecule has 0 unspecified atom stereocenters. The second kappa shape index (κ2) is 11.6. The zero-order valence-corrected chi connectivity index (χ0v) is 17.7. The first-order valence-corrected chi connectivity index (χ1v) is 9.44. The van der Waals surface area contributed by atoms with Crippen molar-refractivity contribution < 1.29 is 23.9 Å². The third-order valence-electron chi connectivity index (χ3n) is 2.98. The lowest BCUT2D eigenvalue weighted by Crippen LogP contribution is -2.46. The van der Waals surface area contributed by atoms with Crippen LogP contribution in [0.1, 0.15) is 87.0 Å². The first-order valence-electron chi connectivity index (χ1n) is 9.44. The van der Waals surface area contributed by atoms with E-state index in [-0.39, 0.29) is 18.3 Å². The van der Waals surface area contributed by atoms with Crippen LogP contribution in [-0.2, 0) is 14.3 Å². The van der Waals surface area contributed by atoms with Gasteiger partial charge in [-0.2, -0.15) is 0 Å². The number of rotatable bonds is 6. The number of hydrogen-bond acceptors (Lipinski definition) is 5. The molecule has 0 rings (SSSR count). The van der Waals surface area contributed by atoms with E-state index in [1.165, 1.54) is 0 Å². The number of unbranched alkanes of at least 4 members (excludes halogenated alkanes) is 4. The van der Waals surface area contributed by atoms with Crippen molar-refractivity contribution in [2.24, 2.45) is 4.99 Å². The lowest BCUT2D eigenvalue weighted by atomic mass is 10.1. The third kappa shape index (κ3) is 15.8. The number of ether oxygens (including phenoxy) is 2. The van der Waals surface area contributed by atoms with Gasteiger partial charge in [-0.05, 0) is 48.0 Å². The van der Waals surface area contributed by atoms with Gasteiger partial charge < -0.3 is 9.47 Å². The molecule has 0 aromatic heterocycles. The number of aliphatic imine (C=N–C) groups is 1. The molecule has 2 N–H and O–H groups in total. The summed E-state index contributed by atoms with van der Waals surface area (Å²) in [6.45, 7) is 12.3. The van der Waals surface area contributed by atoms with Crippen LogP contribution >= 0.6 is 0 Å². The van der Waals surface area contributed by atoms with E-state index in [1.807, 2.05) is 0 Å². The van der Waals surface area contributed by atoms with Crippen LogP contribution in [-0.4, -0.2) is 35.3 Å². The SMILES string of the molecule is CCCCCCCC(=O)N/C(=N\C(=O)OC(C)(C)C)NC(=O)OC(C)(C)C. The highest BCUT2D eigenvalue weighted by molar-refractivity contribution is 6.06. The third-order valence-corrected chi connectivity index (χ3v) is 2.98. The zero-order chi connectivity index (χ0) is 21.1. The summed E-state index contributed by atoms with van der Waals surface area (Å²) in [5.74, 6) is -0.651. The minimum absolute atomic E-state index is 0.271. The molecule has 0 fully saturated rings. The molecule has 0 aliphatic heterocycles. The standard InChI is InChI=1S/C19H35N3O5/c1-8-9-10-11-12-13-14(23)20-15(21-16(24)26-18(2,3)4)22-17(25)27-19(5,6)7/h8-13H2,1-7H3,(H2,20,21,22,23,24,25). The maximum atomic E-state index is 12.1. The molecule has 0 atom stereocenters. The molecule has 0 radical (unpaired) electrons. The van der Waals surface area contributed by atoms with E-state index in [0.29, 0.717) is 0 Å². The Balaban J connectivity index is 4.89. The van der Waals surface area contributed by atoms with Gasteiger partial charge >= 0.3 is 12.2 Å². The van der Waals surface area contributed by atoms with Crippen LogP contribution in [0, 0.1) is 0 Å². The van der Waals surface area contributed by atoms with E-state index in [0.717, 1.165) is 32.1 Å². The number of guanidine groups is 1. The summed E-state index contributed by atoms with van der Waals surface area (Å²) in [5, 5.41) is 4.73. The number of nitrogens with one attached hydrogen (secondary N) is 2. The van der Waals surface area contributed by atoms with E-state index in [9.17, 15) is 14.4 Å². The molecule has 0 saturated carbocycles. The Bertz CT molecular complexity index is 530. The Kier molecular flexibility index (Phi) is 10.7. The molecule has 0 spiro atoms. The fourth-order valence-corrected chi connectivity index (χ4v) is 1.95. The number of alkyl carbamates (subject to hydrolysis) is 1. The maximum absolute atomic E-state index is 12.1. The quantitative estimate of drug-likeness (QED) is 0.403. The van der Waals surface area contributed by atoms with E-state index in [4.69, 9.17) is 9.47 Å². The molecule has 0 bridgehead atoms. The molecule has 27 heavy (non-hydrogen) atoms. The summed E-state index contributed by atoms with van der Waals surface area (Å²) in [7, 11) is 0. The minimum Gasteiger partial charge on any atom is -0.444 e. The number of nitrogens with zero attached hydrogens (tertiary/aromatic N) is 1. The van der Waals surface area contributed by atoms with Crippen LogP contribution in [0.25, 0.3) is 0 Å². The highest BCUT2D eigenvalue weighted by Crippen LogP contribution is 2.09. The smallest absolute Gasteiger partial charge is 0.437 e. The van der Waals surface area contributed by atoms with E-state index in [2.05, 4.69) is 22.5 Å². The Hall–Kier alpha value is -2.12. The van der Waals surface area contributed by atoms with Crippen molar-refractivity contribution in [1.82, 2.24) is 10.6 Å². The molecule has 8 heteroatoms. The van der Waals surface area contributed by atoms with Crippen LogP contribution in [0.4, 0.5) is 9.59 Å². The molecule has 8 nitrogen and oxygen atoms in total. The molecule has 0 heterocycles. The first-order chi connectivity index (χ1) is 12.3. The van der Waals surface area contributed by atoms with Gasteiger partial charge in [-0.25, -0.2) is 9.59 Å². The van der Waals surface area contributed by atoms with E-state index in [1.54, 1.807) is 41.5 Å². The first kappa shape index (κ1) is 24.9. The molecule has 156 valence electrons. The Labute approximate surface area is 162 Å². The molecule has 0 saturated heterocycles. The van der Waals surface area contributed by atoms with Crippen molar-refractivity contribution in [3.05, 3.63) is 0 Å². The Morgan fingerprint density at radius 3 is 1.89 bits per heavy atom. The van der Waals surface area contributed by atoms with Crippen LogP contribution in [0.3, 0.4) is 0 Å². The number of hydrogen-bond donors (Lipinski definition) is 2. The average Bonchev–Trinajstić information content (AvgIpc) is 2.42. The predicted octanol–water partition coefficient (Wildman–Crippen LogP) is 4.28. The van der Waals surface area contributed by atoms with Gasteiger partial charge in [0.05, 0.1) is 0 Å². The summed E-state index contributed by atoms with van der Waals surface area (Å²) in [6, 6.07) is 0. The van der Waals surface area contributed by atoms with Gasteiger partial charge in [0.2, 0.25) is 11.9 Å². The summed E-state index contributed by atoms with van der Waals surface area (Å²) in [4.78, 5) is 39.6. The second-order valence-corrected chi connectivity index (χ2v) is 8.28. The monoisotopic (exact) mass is 385 g/mol. The van der Waals surface area contributed by atoms with Crippen molar-refractivity contribution in [2.45, 2.75) is 98.2 Å². The summed E-state index contributed by atoms with van der Waals surface area (Å²) in [5.41, 5.74) is -1.48. The summed E-state index contributed by atoms with van der Waals surface area (Å²) < 4.78 is 10.2. The van der Waals surface area contributed by atoms with Gasteiger partial charge in [0.1, 0.15) is 11.2 Å².